The van der Waals surface area contributed by atoms with Crippen molar-refractivity contribution in [3.63, 3.8) is 0 Å². The molecule has 0 aliphatic carbocycles. The van der Waals surface area contributed by atoms with Crippen molar-refractivity contribution in [3.8, 4) is 0 Å². The molecule has 0 spiro atoms. The number of nitro groups is 1. The van der Waals surface area contributed by atoms with Crippen molar-refractivity contribution >= 4 is 17.3 Å². The van der Waals surface area contributed by atoms with E-state index in [0.29, 0.717) is 25.3 Å². The summed E-state index contributed by atoms with van der Waals surface area (Å²) in [4.78, 5) is 24.5. The highest BCUT2D eigenvalue weighted by Gasteiger charge is 2.27. The monoisotopic (exact) mass is 337 g/mol. The van der Waals surface area contributed by atoms with E-state index in [9.17, 15) is 19.3 Å². The number of nitrogens with one attached hydrogen (secondary N) is 1. The molecule has 0 radical (unpaired) electrons. The van der Waals surface area contributed by atoms with E-state index in [4.69, 9.17) is 0 Å². The van der Waals surface area contributed by atoms with Crippen LogP contribution >= 0.6 is 0 Å². The lowest BCUT2D eigenvalue weighted by molar-refractivity contribution is -0.384. The van der Waals surface area contributed by atoms with Crippen LogP contribution < -0.4 is 10.2 Å². The summed E-state index contributed by atoms with van der Waals surface area (Å²) in [5.74, 6) is -0.404. The lowest BCUT2D eigenvalue weighted by Gasteiger charge is -2.34. The Bertz CT molecular complexity index is 628. The van der Waals surface area contributed by atoms with Gasteiger partial charge in [-0.05, 0) is 30.9 Å². The van der Waals surface area contributed by atoms with Gasteiger partial charge in [-0.3, -0.25) is 14.9 Å². The molecule has 1 atom stereocenters. The van der Waals surface area contributed by atoms with E-state index < -0.39 is 16.2 Å². The van der Waals surface area contributed by atoms with Crippen LogP contribution in [0.1, 0.15) is 33.6 Å². The number of carbonyl (C=O) groups is 1. The minimum atomic E-state index is -0.614. The Balaban J connectivity index is 2.06. The molecule has 1 aromatic rings. The maximum Gasteiger partial charge on any atom is 0.295 e. The van der Waals surface area contributed by atoms with Gasteiger partial charge in [0.1, 0.15) is 11.5 Å². The van der Waals surface area contributed by atoms with E-state index >= 15 is 0 Å². The van der Waals surface area contributed by atoms with Crippen molar-refractivity contribution in [1.29, 1.82) is 0 Å². The molecule has 6 nitrogen and oxygen atoms in total. The molecular weight excluding hydrogens is 313 g/mol. The molecule has 2 rings (SSSR count). The fourth-order valence-corrected chi connectivity index (χ4v) is 2.86. The van der Waals surface area contributed by atoms with Crippen LogP contribution in [0.5, 0.6) is 0 Å². The van der Waals surface area contributed by atoms with Crippen LogP contribution in [0.15, 0.2) is 18.2 Å². The van der Waals surface area contributed by atoms with Crippen LogP contribution in [0.2, 0.25) is 0 Å². The molecule has 0 bridgehead atoms. The first-order valence-corrected chi connectivity index (χ1v) is 8.15. The normalized spacial score (nSPS) is 18.3. The van der Waals surface area contributed by atoms with Crippen molar-refractivity contribution in [3.05, 3.63) is 34.1 Å². The predicted octanol–water partition coefficient (Wildman–Crippen LogP) is 3.11. The zero-order chi connectivity index (χ0) is 17.9. The third kappa shape index (κ3) is 4.43. The van der Waals surface area contributed by atoms with Gasteiger partial charge in [0.2, 0.25) is 5.91 Å². The SMILES string of the molecule is CC(C)(C)C(=O)NCC1CCCN(c2ccc(F)cc2[N+](=O)[O-])C1. The quantitative estimate of drug-likeness (QED) is 0.676. The van der Waals surface area contributed by atoms with Crippen molar-refractivity contribution < 1.29 is 14.1 Å². The number of amides is 1. The van der Waals surface area contributed by atoms with E-state index in [1.165, 1.54) is 12.1 Å². The molecule has 24 heavy (non-hydrogen) atoms. The van der Waals surface area contributed by atoms with Gasteiger partial charge in [0, 0.05) is 25.0 Å². The number of halogens is 1. The smallest absolute Gasteiger partial charge is 0.295 e. The molecule has 1 aromatic carbocycles. The molecule has 1 N–H and O–H groups in total. The Labute approximate surface area is 141 Å². The Hall–Kier alpha value is -2.18. The number of carbonyl (C=O) groups excluding carboxylic acids is 1. The number of hydrogen-bond acceptors (Lipinski definition) is 4. The van der Waals surface area contributed by atoms with Crippen molar-refractivity contribution in [1.82, 2.24) is 5.32 Å². The fraction of sp³-hybridized carbons (Fsp3) is 0.588. The van der Waals surface area contributed by atoms with Crippen molar-refractivity contribution in [2.24, 2.45) is 11.3 Å². The number of rotatable bonds is 4. The van der Waals surface area contributed by atoms with E-state index in [1.54, 1.807) is 0 Å². The zero-order valence-electron chi connectivity index (χ0n) is 14.3. The van der Waals surface area contributed by atoms with Crippen LogP contribution in [0, 0.1) is 27.3 Å². The van der Waals surface area contributed by atoms with Gasteiger partial charge in [0.05, 0.1) is 11.0 Å². The maximum atomic E-state index is 13.3. The number of piperidine rings is 1. The number of nitrogens with zero attached hydrogens (tertiary/aromatic N) is 2. The Morgan fingerprint density at radius 1 is 1.46 bits per heavy atom. The molecule has 1 fully saturated rings. The van der Waals surface area contributed by atoms with E-state index in [-0.39, 0.29) is 17.5 Å². The third-order valence-electron chi connectivity index (χ3n) is 4.23. The van der Waals surface area contributed by atoms with Gasteiger partial charge in [-0.2, -0.15) is 0 Å². The molecule has 1 saturated heterocycles. The Morgan fingerprint density at radius 2 is 2.17 bits per heavy atom. The average Bonchev–Trinajstić information content (AvgIpc) is 2.51. The first kappa shape index (κ1) is 18.2. The molecule has 132 valence electrons. The van der Waals surface area contributed by atoms with Gasteiger partial charge in [0.25, 0.3) is 5.69 Å². The lowest BCUT2D eigenvalue weighted by atomic mass is 9.93. The van der Waals surface area contributed by atoms with E-state index in [0.717, 1.165) is 18.9 Å². The van der Waals surface area contributed by atoms with Crippen LogP contribution in [-0.4, -0.2) is 30.5 Å². The summed E-state index contributed by atoms with van der Waals surface area (Å²) in [6.07, 6.45) is 1.83. The van der Waals surface area contributed by atoms with Crippen LogP contribution in [-0.2, 0) is 4.79 Å². The summed E-state index contributed by atoms with van der Waals surface area (Å²) in [5, 5.41) is 14.1. The summed E-state index contributed by atoms with van der Waals surface area (Å²) in [5.41, 5.74) is -0.216. The largest absolute Gasteiger partial charge is 0.366 e. The number of hydrogen-bond donors (Lipinski definition) is 1. The lowest BCUT2D eigenvalue weighted by Crippen LogP contribution is -2.43. The summed E-state index contributed by atoms with van der Waals surface area (Å²) in [7, 11) is 0. The predicted molar refractivity (Wildman–Crippen MR) is 90.5 cm³/mol. The summed E-state index contributed by atoms with van der Waals surface area (Å²) >= 11 is 0. The van der Waals surface area contributed by atoms with Gasteiger partial charge < -0.3 is 10.2 Å². The van der Waals surface area contributed by atoms with Crippen molar-refractivity contribution in [2.45, 2.75) is 33.6 Å². The summed E-state index contributed by atoms with van der Waals surface area (Å²) in [6, 6.07) is 3.66. The van der Waals surface area contributed by atoms with Crippen LogP contribution in [0.25, 0.3) is 0 Å². The molecular formula is C17H24FN3O3. The molecule has 7 heteroatoms. The fourth-order valence-electron chi connectivity index (χ4n) is 2.86. The third-order valence-corrected chi connectivity index (χ3v) is 4.23. The second-order valence-electron chi connectivity index (χ2n) is 7.30. The second-order valence-corrected chi connectivity index (χ2v) is 7.30. The average molecular weight is 337 g/mol. The molecule has 1 aliphatic rings. The minimum absolute atomic E-state index is 0.00705. The summed E-state index contributed by atoms with van der Waals surface area (Å²) < 4.78 is 13.3. The van der Waals surface area contributed by atoms with Crippen molar-refractivity contribution in [2.75, 3.05) is 24.5 Å². The van der Waals surface area contributed by atoms with Gasteiger partial charge in [-0.25, -0.2) is 4.39 Å². The van der Waals surface area contributed by atoms with E-state index in [2.05, 4.69) is 5.32 Å². The number of benzene rings is 1. The number of anilines is 1. The first-order valence-electron chi connectivity index (χ1n) is 8.15. The number of nitro benzene ring substituents is 1. The maximum absolute atomic E-state index is 13.3. The van der Waals surface area contributed by atoms with Crippen LogP contribution in [0.3, 0.4) is 0 Å². The molecule has 1 unspecified atom stereocenters. The van der Waals surface area contributed by atoms with Gasteiger partial charge in [-0.1, -0.05) is 20.8 Å². The van der Waals surface area contributed by atoms with Gasteiger partial charge in [-0.15, -0.1) is 0 Å². The second kappa shape index (κ2) is 7.15. The molecule has 1 aliphatic heterocycles. The first-order chi connectivity index (χ1) is 11.2. The molecule has 1 heterocycles. The topological polar surface area (TPSA) is 75.5 Å². The standard InChI is InChI=1S/C17H24FN3O3/c1-17(2,3)16(22)19-10-12-5-4-8-20(11-12)14-7-6-13(18)9-15(14)21(23)24/h6-7,9,12H,4-5,8,10-11H2,1-3H3,(H,19,22). The zero-order valence-corrected chi connectivity index (χ0v) is 14.3. The highest BCUT2D eigenvalue weighted by molar-refractivity contribution is 5.81. The molecule has 0 saturated carbocycles. The minimum Gasteiger partial charge on any atom is -0.366 e. The highest BCUT2D eigenvalue weighted by Crippen LogP contribution is 2.32. The molecule has 0 aromatic heterocycles. The Kier molecular flexibility index (Phi) is 5.41. The highest BCUT2D eigenvalue weighted by atomic mass is 19.1. The molecule has 1 amide bonds. The van der Waals surface area contributed by atoms with Gasteiger partial charge in [0.15, 0.2) is 0 Å². The van der Waals surface area contributed by atoms with Crippen LogP contribution in [0.4, 0.5) is 15.8 Å². The van der Waals surface area contributed by atoms with Gasteiger partial charge >= 0.3 is 0 Å². The Morgan fingerprint density at radius 3 is 2.79 bits per heavy atom. The van der Waals surface area contributed by atoms with E-state index in [1.807, 2.05) is 25.7 Å². The summed E-state index contributed by atoms with van der Waals surface area (Å²) in [6.45, 7) is 7.42.